The molecule has 0 bridgehead atoms. The average molecular weight is 499 g/mol. The minimum absolute atomic E-state index is 0.00819. The molecule has 0 aliphatic carbocycles. The fourth-order valence-electron chi connectivity index (χ4n) is 3.41. The number of carbonyl (C=O) groups excluding carboxylic acids is 1. The highest BCUT2D eigenvalue weighted by molar-refractivity contribution is 7.91. The van der Waals surface area contributed by atoms with Crippen molar-refractivity contribution >= 4 is 44.6 Å². The SMILES string of the molecule is CCc1nc(-c2csc(S(=O)(=O)N3CCCC(C(=O)Nc4ccc(Cl)cc4F)C3)c2)no1. The molecule has 1 fully saturated rings. The Labute approximate surface area is 193 Å². The fraction of sp³-hybridized carbons (Fsp3) is 0.350. The van der Waals surface area contributed by atoms with E-state index >= 15 is 0 Å². The van der Waals surface area contributed by atoms with Crippen LogP contribution in [0.2, 0.25) is 5.02 Å². The molecule has 8 nitrogen and oxygen atoms in total. The van der Waals surface area contributed by atoms with Crippen molar-refractivity contribution in [1.29, 1.82) is 0 Å². The van der Waals surface area contributed by atoms with Gasteiger partial charge in [0.15, 0.2) is 0 Å². The third-order valence-corrected chi connectivity index (χ3v) is 8.66. The Morgan fingerprint density at radius 3 is 2.94 bits per heavy atom. The normalized spacial score (nSPS) is 17.4. The second-order valence-electron chi connectivity index (χ2n) is 7.34. The van der Waals surface area contributed by atoms with Crippen LogP contribution in [0.5, 0.6) is 0 Å². The number of hydrogen-bond acceptors (Lipinski definition) is 7. The largest absolute Gasteiger partial charge is 0.339 e. The van der Waals surface area contributed by atoms with E-state index in [0.717, 1.165) is 17.4 Å². The van der Waals surface area contributed by atoms with Gasteiger partial charge in [0.1, 0.15) is 10.0 Å². The van der Waals surface area contributed by atoms with Crippen molar-refractivity contribution in [2.24, 2.45) is 5.92 Å². The van der Waals surface area contributed by atoms with Gasteiger partial charge in [0.05, 0.1) is 11.6 Å². The average Bonchev–Trinajstić information content (AvgIpc) is 3.45. The highest BCUT2D eigenvalue weighted by Crippen LogP contribution is 2.31. The molecule has 1 aliphatic heterocycles. The van der Waals surface area contributed by atoms with E-state index in [4.69, 9.17) is 16.1 Å². The molecule has 2 aromatic heterocycles. The lowest BCUT2D eigenvalue weighted by Gasteiger charge is -2.30. The topological polar surface area (TPSA) is 105 Å². The predicted molar refractivity (Wildman–Crippen MR) is 119 cm³/mol. The number of halogens is 2. The van der Waals surface area contributed by atoms with Crippen LogP contribution in [0, 0.1) is 11.7 Å². The Hall–Kier alpha value is -2.34. The summed E-state index contributed by atoms with van der Waals surface area (Å²) < 4.78 is 46.9. The van der Waals surface area contributed by atoms with Gasteiger partial charge in [0, 0.05) is 35.5 Å². The van der Waals surface area contributed by atoms with Gasteiger partial charge in [-0.25, -0.2) is 12.8 Å². The van der Waals surface area contributed by atoms with E-state index < -0.39 is 27.7 Å². The first-order chi connectivity index (χ1) is 15.3. The molecule has 32 heavy (non-hydrogen) atoms. The van der Waals surface area contributed by atoms with Crippen molar-refractivity contribution in [3.63, 3.8) is 0 Å². The zero-order chi connectivity index (χ0) is 22.9. The number of aryl methyl sites for hydroxylation is 1. The molecule has 3 heterocycles. The maximum atomic E-state index is 14.0. The van der Waals surface area contributed by atoms with Crippen LogP contribution in [-0.4, -0.2) is 41.9 Å². The number of sulfonamides is 1. The Balaban J connectivity index is 1.48. The van der Waals surface area contributed by atoms with Crippen molar-refractivity contribution in [2.45, 2.75) is 30.4 Å². The summed E-state index contributed by atoms with van der Waals surface area (Å²) in [5.74, 6) is -0.878. The first-order valence-electron chi connectivity index (χ1n) is 9.95. The Morgan fingerprint density at radius 2 is 2.22 bits per heavy atom. The molecule has 1 saturated heterocycles. The summed E-state index contributed by atoms with van der Waals surface area (Å²) in [6, 6.07) is 5.47. The van der Waals surface area contributed by atoms with Crippen molar-refractivity contribution in [3.05, 3.63) is 46.4 Å². The van der Waals surface area contributed by atoms with Crippen LogP contribution in [0.1, 0.15) is 25.7 Å². The maximum absolute atomic E-state index is 14.0. The van der Waals surface area contributed by atoms with Crippen molar-refractivity contribution < 1.29 is 22.1 Å². The summed E-state index contributed by atoms with van der Waals surface area (Å²) in [7, 11) is -3.81. The van der Waals surface area contributed by atoms with Crippen molar-refractivity contribution in [3.8, 4) is 11.4 Å². The van der Waals surface area contributed by atoms with Gasteiger partial charge in [0.25, 0.3) is 10.0 Å². The van der Waals surface area contributed by atoms with Crippen LogP contribution in [0.4, 0.5) is 10.1 Å². The molecule has 4 rings (SSSR count). The highest BCUT2D eigenvalue weighted by atomic mass is 35.5. The second-order valence-corrected chi connectivity index (χ2v) is 10.8. The maximum Gasteiger partial charge on any atom is 0.252 e. The zero-order valence-electron chi connectivity index (χ0n) is 17.0. The zero-order valence-corrected chi connectivity index (χ0v) is 19.4. The summed E-state index contributed by atoms with van der Waals surface area (Å²) in [6.45, 7) is 2.20. The number of amides is 1. The molecule has 0 spiro atoms. The number of thiophene rings is 1. The smallest absolute Gasteiger partial charge is 0.252 e. The number of nitrogens with one attached hydrogen (secondary N) is 1. The standard InChI is InChI=1S/C20H20ClFN4O4S2/c1-2-17-24-19(25-30-17)13-8-18(31-11-13)32(28,29)26-7-3-4-12(10-26)20(27)23-16-6-5-14(21)9-15(16)22/h5-6,8-9,11-12H,2-4,7,10H2,1H3,(H,23,27). The molecular weight excluding hydrogens is 479 g/mol. The number of anilines is 1. The minimum Gasteiger partial charge on any atom is -0.339 e. The van der Waals surface area contributed by atoms with Gasteiger partial charge in [-0.1, -0.05) is 23.7 Å². The predicted octanol–water partition coefficient (Wildman–Crippen LogP) is 4.19. The van der Waals surface area contributed by atoms with Crippen LogP contribution in [0.25, 0.3) is 11.4 Å². The molecule has 1 amide bonds. The molecule has 1 N–H and O–H groups in total. The van der Waals surface area contributed by atoms with E-state index in [1.807, 2.05) is 6.92 Å². The van der Waals surface area contributed by atoms with Crippen LogP contribution in [0.3, 0.4) is 0 Å². The van der Waals surface area contributed by atoms with Crippen LogP contribution >= 0.6 is 22.9 Å². The molecule has 0 saturated carbocycles. The lowest BCUT2D eigenvalue weighted by molar-refractivity contribution is -0.120. The van der Waals surface area contributed by atoms with E-state index in [2.05, 4.69) is 15.5 Å². The van der Waals surface area contributed by atoms with Crippen LogP contribution in [0.15, 0.2) is 38.4 Å². The van der Waals surface area contributed by atoms with E-state index in [0.29, 0.717) is 43.1 Å². The van der Waals surface area contributed by atoms with Gasteiger partial charge >= 0.3 is 0 Å². The summed E-state index contributed by atoms with van der Waals surface area (Å²) in [6.07, 6.45) is 1.61. The Bertz CT molecular complexity index is 1240. The molecule has 1 aliphatic rings. The lowest BCUT2D eigenvalue weighted by Crippen LogP contribution is -2.43. The van der Waals surface area contributed by atoms with Gasteiger partial charge in [-0.05, 0) is 37.1 Å². The van der Waals surface area contributed by atoms with Crippen molar-refractivity contribution in [1.82, 2.24) is 14.4 Å². The van der Waals surface area contributed by atoms with Crippen LogP contribution in [-0.2, 0) is 21.2 Å². The van der Waals surface area contributed by atoms with Gasteiger partial charge < -0.3 is 9.84 Å². The fourth-order valence-corrected chi connectivity index (χ4v) is 6.41. The second kappa shape index (κ2) is 9.26. The number of rotatable bonds is 6. The summed E-state index contributed by atoms with van der Waals surface area (Å²) in [4.78, 5) is 16.9. The Kier molecular flexibility index (Phi) is 6.61. The molecule has 1 unspecified atom stereocenters. The van der Waals surface area contributed by atoms with Gasteiger partial charge in [0.2, 0.25) is 17.6 Å². The number of carbonyl (C=O) groups is 1. The van der Waals surface area contributed by atoms with Crippen LogP contribution < -0.4 is 5.32 Å². The minimum atomic E-state index is -3.81. The summed E-state index contributed by atoms with van der Waals surface area (Å²) in [5.41, 5.74) is 0.565. The number of hydrogen-bond donors (Lipinski definition) is 1. The van der Waals surface area contributed by atoms with Gasteiger partial charge in [-0.3, -0.25) is 4.79 Å². The third-order valence-electron chi connectivity index (χ3n) is 5.14. The van der Waals surface area contributed by atoms with E-state index in [9.17, 15) is 17.6 Å². The van der Waals surface area contributed by atoms with E-state index in [-0.39, 0.29) is 21.5 Å². The molecule has 0 radical (unpaired) electrons. The molecule has 170 valence electrons. The monoisotopic (exact) mass is 498 g/mol. The number of benzene rings is 1. The number of nitrogens with zero attached hydrogens (tertiary/aromatic N) is 3. The van der Waals surface area contributed by atoms with Gasteiger partial charge in [-0.15, -0.1) is 11.3 Å². The molecule has 3 aromatic rings. The quantitative estimate of drug-likeness (QED) is 0.546. The number of piperidine rings is 1. The summed E-state index contributed by atoms with van der Waals surface area (Å²) >= 11 is 6.80. The van der Waals surface area contributed by atoms with Gasteiger partial charge in [-0.2, -0.15) is 9.29 Å². The van der Waals surface area contributed by atoms with E-state index in [1.54, 1.807) is 5.38 Å². The first-order valence-corrected chi connectivity index (χ1v) is 12.6. The molecule has 1 atom stereocenters. The van der Waals surface area contributed by atoms with E-state index in [1.165, 1.54) is 22.5 Å². The van der Waals surface area contributed by atoms with Crippen molar-refractivity contribution in [2.75, 3.05) is 18.4 Å². The molecule has 1 aromatic carbocycles. The Morgan fingerprint density at radius 1 is 1.41 bits per heavy atom. The first kappa shape index (κ1) is 22.8. The highest BCUT2D eigenvalue weighted by Gasteiger charge is 2.34. The molecule has 12 heteroatoms. The molecular formula is C20H20ClFN4O4S2. The third kappa shape index (κ3) is 4.70. The summed E-state index contributed by atoms with van der Waals surface area (Å²) in [5, 5.41) is 8.29. The lowest BCUT2D eigenvalue weighted by atomic mass is 9.98. The number of aromatic nitrogens is 2.